The molecule has 2 saturated heterocycles. The van der Waals surface area contributed by atoms with Crippen LogP contribution >= 0.6 is 0 Å². The van der Waals surface area contributed by atoms with Crippen molar-refractivity contribution in [2.24, 2.45) is 5.92 Å². The van der Waals surface area contributed by atoms with Crippen LogP contribution in [0.3, 0.4) is 0 Å². The SMILES string of the molecule is CC(C)(C)OC(=O)N1C2C=C(C3CCOCC3)CC1COC2. The average Bonchev–Trinajstić information content (AvgIpc) is 2.45. The van der Waals surface area contributed by atoms with E-state index >= 15 is 0 Å². The second kappa shape index (κ2) is 6.20. The topological polar surface area (TPSA) is 48.0 Å². The zero-order valence-electron chi connectivity index (χ0n) is 13.8. The summed E-state index contributed by atoms with van der Waals surface area (Å²) in [4.78, 5) is 14.4. The summed E-state index contributed by atoms with van der Waals surface area (Å²) in [6.07, 6.45) is 5.13. The van der Waals surface area contributed by atoms with Crippen LogP contribution in [0.2, 0.25) is 0 Å². The van der Waals surface area contributed by atoms with E-state index in [9.17, 15) is 4.79 Å². The third-order valence-corrected chi connectivity index (χ3v) is 4.58. The molecule has 22 heavy (non-hydrogen) atoms. The molecule has 2 unspecified atom stereocenters. The van der Waals surface area contributed by atoms with Crippen molar-refractivity contribution in [3.8, 4) is 0 Å². The lowest BCUT2D eigenvalue weighted by Gasteiger charge is -2.46. The number of carbonyl (C=O) groups is 1. The highest BCUT2D eigenvalue weighted by atomic mass is 16.6. The Labute approximate surface area is 132 Å². The summed E-state index contributed by atoms with van der Waals surface area (Å²) >= 11 is 0. The Morgan fingerprint density at radius 3 is 2.59 bits per heavy atom. The second-order valence-corrected chi connectivity index (χ2v) is 7.48. The first kappa shape index (κ1) is 15.8. The fraction of sp³-hybridized carbons (Fsp3) is 0.824. The van der Waals surface area contributed by atoms with Gasteiger partial charge in [-0.25, -0.2) is 4.79 Å². The maximum Gasteiger partial charge on any atom is 0.411 e. The summed E-state index contributed by atoms with van der Waals surface area (Å²) < 4.78 is 16.7. The van der Waals surface area contributed by atoms with Gasteiger partial charge in [-0.15, -0.1) is 0 Å². The Kier molecular flexibility index (Phi) is 4.46. The molecule has 3 aliphatic heterocycles. The first-order valence-electron chi connectivity index (χ1n) is 8.31. The Morgan fingerprint density at radius 1 is 1.23 bits per heavy atom. The van der Waals surface area contributed by atoms with Crippen LogP contribution in [0, 0.1) is 5.92 Å². The summed E-state index contributed by atoms with van der Waals surface area (Å²) in [6, 6.07) is 0.122. The molecule has 124 valence electrons. The number of fused-ring (bicyclic) bond motifs is 2. The van der Waals surface area contributed by atoms with E-state index in [4.69, 9.17) is 14.2 Å². The summed E-state index contributed by atoms with van der Waals surface area (Å²) in [7, 11) is 0. The quantitative estimate of drug-likeness (QED) is 0.699. The number of morpholine rings is 1. The molecule has 0 saturated carbocycles. The molecule has 5 nitrogen and oxygen atoms in total. The number of nitrogens with zero attached hydrogens (tertiary/aromatic N) is 1. The lowest BCUT2D eigenvalue weighted by Crippen LogP contribution is -2.57. The van der Waals surface area contributed by atoms with E-state index < -0.39 is 5.60 Å². The predicted octanol–water partition coefficient (Wildman–Crippen LogP) is 2.75. The molecule has 2 fully saturated rings. The van der Waals surface area contributed by atoms with E-state index in [1.165, 1.54) is 5.57 Å². The van der Waals surface area contributed by atoms with Gasteiger partial charge in [-0.3, -0.25) is 4.90 Å². The normalized spacial score (nSPS) is 30.0. The minimum absolute atomic E-state index is 0.0141. The van der Waals surface area contributed by atoms with Gasteiger partial charge in [-0.05, 0) is 46.0 Å². The summed E-state index contributed by atoms with van der Waals surface area (Å²) in [5.74, 6) is 0.609. The molecule has 0 aromatic rings. The predicted molar refractivity (Wildman–Crippen MR) is 82.7 cm³/mol. The van der Waals surface area contributed by atoms with Gasteiger partial charge in [-0.2, -0.15) is 0 Å². The zero-order chi connectivity index (χ0) is 15.7. The van der Waals surface area contributed by atoms with Gasteiger partial charge in [0.2, 0.25) is 0 Å². The van der Waals surface area contributed by atoms with Gasteiger partial charge in [0, 0.05) is 13.2 Å². The monoisotopic (exact) mass is 309 g/mol. The van der Waals surface area contributed by atoms with E-state index in [0.717, 1.165) is 32.5 Å². The third-order valence-electron chi connectivity index (χ3n) is 4.58. The van der Waals surface area contributed by atoms with Crippen LogP contribution in [0.5, 0.6) is 0 Å². The maximum atomic E-state index is 12.5. The number of hydrogen-bond donors (Lipinski definition) is 0. The first-order chi connectivity index (χ1) is 10.4. The fourth-order valence-electron chi connectivity index (χ4n) is 3.60. The van der Waals surface area contributed by atoms with Crippen LogP contribution in [0.15, 0.2) is 11.6 Å². The molecule has 3 aliphatic rings. The Hall–Kier alpha value is -1.07. The highest BCUT2D eigenvalue weighted by molar-refractivity contribution is 5.70. The third kappa shape index (κ3) is 3.46. The summed E-state index contributed by atoms with van der Waals surface area (Å²) in [5.41, 5.74) is 1.03. The van der Waals surface area contributed by atoms with Gasteiger partial charge >= 0.3 is 6.09 Å². The van der Waals surface area contributed by atoms with Gasteiger partial charge in [0.1, 0.15) is 5.60 Å². The smallest absolute Gasteiger partial charge is 0.411 e. The van der Waals surface area contributed by atoms with Crippen LogP contribution in [0.1, 0.15) is 40.0 Å². The van der Waals surface area contributed by atoms with Crippen molar-refractivity contribution < 1.29 is 19.0 Å². The summed E-state index contributed by atoms with van der Waals surface area (Å²) in [5, 5.41) is 0. The lowest BCUT2D eigenvalue weighted by molar-refractivity contribution is -0.0552. The molecule has 2 bridgehead atoms. The largest absolute Gasteiger partial charge is 0.444 e. The van der Waals surface area contributed by atoms with Gasteiger partial charge in [0.15, 0.2) is 0 Å². The average molecular weight is 309 g/mol. The van der Waals surface area contributed by atoms with Crippen LogP contribution in [0.4, 0.5) is 4.79 Å². The Bertz CT molecular complexity index is 448. The molecule has 0 spiro atoms. The van der Waals surface area contributed by atoms with Crippen molar-refractivity contribution in [3.63, 3.8) is 0 Å². The molecule has 0 radical (unpaired) electrons. The first-order valence-corrected chi connectivity index (χ1v) is 8.31. The van der Waals surface area contributed by atoms with E-state index in [-0.39, 0.29) is 18.2 Å². The zero-order valence-corrected chi connectivity index (χ0v) is 13.8. The van der Waals surface area contributed by atoms with E-state index in [1.54, 1.807) is 0 Å². The van der Waals surface area contributed by atoms with Gasteiger partial charge in [-0.1, -0.05) is 11.6 Å². The number of ether oxygens (including phenoxy) is 3. The summed E-state index contributed by atoms with van der Waals surface area (Å²) in [6.45, 7) is 8.60. The van der Waals surface area contributed by atoms with Crippen molar-refractivity contribution >= 4 is 6.09 Å². The minimum atomic E-state index is -0.461. The van der Waals surface area contributed by atoms with Crippen molar-refractivity contribution in [2.75, 3.05) is 26.4 Å². The molecular weight excluding hydrogens is 282 g/mol. The molecule has 1 amide bonds. The van der Waals surface area contributed by atoms with Gasteiger partial charge in [0.05, 0.1) is 25.3 Å². The van der Waals surface area contributed by atoms with Crippen LogP contribution < -0.4 is 0 Å². The molecule has 0 N–H and O–H groups in total. The molecule has 3 heterocycles. The van der Waals surface area contributed by atoms with Crippen molar-refractivity contribution in [3.05, 3.63) is 11.6 Å². The highest BCUT2D eigenvalue weighted by Gasteiger charge is 2.41. The van der Waals surface area contributed by atoms with Crippen molar-refractivity contribution in [2.45, 2.75) is 57.7 Å². The van der Waals surface area contributed by atoms with Crippen molar-refractivity contribution in [1.82, 2.24) is 4.90 Å². The lowest BCUT2D eigenvalue weighted by atomic mass is 9.82. The van der Waals surface area contributed by atoms with Gasteiger partial charge < -0.3 is 14.2 Å². The Balaban J connectivity index is 1.74. The van der Waals surface area contributed by atoms with E-state index in [0.29, 0.717) is 19.1 Å². The van der Waals surface area contributed by atoms with E-state index in [2.05, 4.69) is 6.08 Å². The number of carbonyl (C=O) groups excluding carboxylic acids is 1. The maximum absolute atomic E-state index is 12.5. The molecule has 5 heteroatoms. The number of hydrogen-bond acceptors (Lipinski definition) is 4. The minimum Gasteiger partial charge on any atom is -0.444 e. The molecule has 0 aliphatic carbocycles. The standard InChI is InChI=1S/C17H27NO4/c1-17(2,3)22-16(19)18-14-8-13(9-15(18)11-21-10-14)12-4-6-20-7-5-12/h8,12,14-15H,4-7,9-11H2,1-3H3. The molecule has 0 aromatic carbocycles. The van der Waals surface area contributed by atoms with Crippen LogP contribution in [-0.4, -0.2) is 55.1 Å². The van der Waals surface area contributed by atoms with Crippen LogP contribution in [-0.2, 0) is 14.2 Å². The molecule has 0 aromatic heterocycles. The second-order valence-electron chi connectivity index (χ2n) is 7.48. The fourth-order valence-corrected chi connectivity index (χ4v) is 3.60. The highest BCUT2D eigenvalue weighted by Crippen LogP contribution is 2.35. The van der Waals surface area contributed by atoms with E-state index in [1.807, 2.05) is 25.7 Å². The molecule has 3 rings (SSSR count). The van der Waals surface area contributed by atoms with Crippen molar-refractivity contribution in [1.29, 1.82) is 0 Å². The number of rotatable bonds is 1. The molecule has 2 atom stereocenters. The van der Waals surface area contributed by atoms with Gasteiger partial charge in [0.25, 0.3) is 0 Å². The Morgan fingerprint density at radius 2 is 1.95 bits per heavy atom. The number of amides is 1. The molecular formula is C17H27NO4. The van der Waals surface area contributed by atoms with Crippen LogP contribution in [0.25, 0.3) is 0 Å².